The van der Waals surface area contributed by atoms with E-state index < -0.39 is 0 Å². The van der Waals surface area contributed by atoms with E-state index >= 15 is 0 Å². The van der Waals surface area contributed by atoms with Crippen molar-refractivity contribution in [3.8, 4) is 0 Å². The Balaban J connectivity index is 1.42. The summed E-state index contributed by atoms with van der Waals surface area (Å²) in [5, 5.41) is 9.31. The third-order valence-corrected chi connectivity index (χ3v) is 7.16. The minimum atomic E-state index is -0.166. The zero-order valence-corrected chi connectivity index (χ0v) is 16.8. The van der Waals surface area contributed by atoms with Gasteiger partial charge < -0.3 is 0 Å². The second-order valence-corrected chi connectivity index (χ2v) is 8.98. The molecule has 0 unspecified atom stereocenters. The molecule has 0 saturated heterocycles. The van der Waals surface area contributed by atoms with Crippen LogP contribution in [0.15, 0.2) is 41.8 Å². The predicted molar refractivity (Wildman–Crippen MR) is 107 cm³/mol. The highest BCUT2D eigenvalue weighted by molar-refractivity contribution is 6.30. The fourth-order valence-corrected chi connectivity index (χ4v) is 4.81. The minimum Gasteiger partial charge on any atom is -0.267 e. The molecule has 0 radical (unpaired) electrons. The fourth-order valence-electron chi connectivity index (χ4n) is 4.65. The standard InChI is InChI=1S/C21H25ClN4O/c1-20(2)16-8-9-21(20,3)18(10-16)24-25-19(27)15-6-4-14(5-7-15)12-26-13-17(22)11-23-26/h4-7,11,13,16H,8-10,12H2,1-3H3,(H,25,27)/b24-18+/t16-,21+/m1/s1. The third kappa shape index (κ3) is 3.08. The molecule has 2 aliphatic carbocycles. The first-order valence-corrected chi connectivity index (χ1v) is 9.82. The summed E-state index contributed by atoms with van der Waals surface area (Å²) in [6.07, 6.45) is 6.80. The number of nitrogens with one attached hydrogen (secondary N) is 1. The molecule has 6 heteroatoms. The highest BCUT2D eigenvalue weighted by atomic mass is 35.5. The first kappa shape index (κ1) is 18.2. The van der Waals surface area contributed by atoms with Gasteiger partial charge in [-0.2, -0.15) is 10.2 Å². The number of benzene rings is 1. The molecule has 0 aliphatic heterocycles. The molecule has 0 spiro atoms. The van der Waals surface area contributed by atoms with E-state index in [0.717, 1.165) is 24.1 Å². The van der Waals surface area contributed by atoms with Gasteiger partial charge in [0.25, 0.3) is 5.91 Å². The molecule has 2 bridgehead atoms. The van der Waals surface area contributed by atoms with Crippen LogP contribution in [0.4, 0.5) is 0 Å². The minimum absolute atomic E-state index is 0.0971. The van der Waals surface area contributed by atoms with Gasteiger partial charge in [-0.15, -0.1) is 0 Å². The van der Waals surface area contributed by atoms with Crippen LogP contribution in [-0.2, 0) is 6.54 Å². The lowest BCUT2D eigenvalue weighted by atomic mass is 9.70. The number of halogens is 1. The monoisotopic (exact) mass is 384 g/mol. The van der Waals surface area contributed by atoms with Gasteiger partial charge in [-0.3, -0.25) is 9.48 Å². The molecule has 4 rings (SSSR count). The molecule has 2 saturated carbocycles. The maximum atomic E-state index is 12.5. The summed E-state index contributed by atoms with van der Waals surface area (Å²) in [5.74, 6) is 0.508. The van der Waals surface area contributed by atoms with Crippen molar-refractivity contribution in [2.45, 2.75) is 46.6 Å². The third-order valence-electron chi connectivity index (χ3n) is 6.97. The highest BCUT2D eigenvalue weighted by Gasteiger charge is 2.60. The van der Waals surface area contributed by atoms with Crippen molar-refractivity contribution < 1.29 is 4.79 Å². The van der Waals surface area contributed by atoms with Crippen LogP contribution < -0.4 is 5.43 Å². The summed E-state index contributed by atoms with van der Waals surface area (Å²) in [4.78, 5) is 12.5. The van der Waals surface area contributed by atoms with E-state index in [1.807, 2.05) is 24.3 Å². The highest BCUT2D eigenvalue weighted by Crippen LogP contribution is 2.63. The second-order valence-electron chi connectivity index (χ2n) is 8.55. The zero-order valence-electron chi connectivity index (χ0n) is 16.0. The summed E-state index contributed by atoms with van der Waals surface area (Å²) in [6.45, 7) is 7.58. The Morgan fingerprint density at radius 3 is 2.63 bits per heavy atom. The van der Waals surface area contributed by atoms with Crippen LogP contribution in [0.2, 0.25) is 5.02 Å². The van der Waals surface area contributed by atoms with Gasteiger partial charge in [0.05, 0.1) is 17.8 Å². The van der Waals surface area contributed by atoms with Crippen molar-refractivity contribution in [2.24, 2.45) is 21.8 Å². The van der Waals surface area contributed by atoms with Gasteiger partial charge in [0, 0.05) is 22.9 Å². The Morgan fingerprint density at radius 2 is 2.07 bits per heavy atom. The van der Waals surface area contributed by atoms with E-state index in [4.69, 9.17) is 11.6 Å². The Labute approximate surface area is 164 Å². The van der Waals surface area contributed by atoms with Crippen LogP contribution in [0.1, 0.15) is 56.0 Å². The molecule has 1 N–H and O–H groups in total. The molecular formula is C21H25ClN4O. The van der Waals surface area contributed by atoms with E-state index in [9.17, 15) is 4.79 Å². The Kier molecular flexibility index (Phi) is 4.38. The lowest BCUT2D eigenvalue weighted by Gasteiger charge is -2.34. The first-order valence-electron chi connectivity index (χ1n) is 9.44. The summed E-state index contributed by atoms with van der Waals surface area (Å²) in [6, 6.07) is 7.50. The molecule has 2 aliphatic rings. The molecule has 2 fully saturated rings. The van der Waals surface area contributed by atoms with Gasteiger partial charge in [-0.25, -0.2) is 5.43 Å². The van der Waals surface area contributed by atoms with Crippen molar-refractivity contribution >= 4 is 23.2 Å². The number of nitrogens with zero attached hydrogens (tertiary/aromatic N) is 3. The maximum absolute atomic E-state index is 12.5. The number of rotatable bonds is 4. The molecule has 142 valence electrons. The van der Waals surface area contributed by atoms with Crippen LogP contribution in [0.5, 0.6) is 0 Å². The number of carbonyl (C=O) groups excluding carboxylic acids is 1. The second kappa shape index (κ2) is 6.48. The molecular weight excluding hydrogens is 360 g/mol. The quantitative estimate of drug-likeness (QED) is 0.788. The number of fused-ring (bicyclic) bond motifs is 2. The fraction of sp³-hybridized carbons (Fsp3) is 0.476. The number of amides is 1. The smallest absolute Gasteiger partial charge is 0.267 e. The van der Waals surface area contributed by atoms with Gasteiger partial charge >= 0.3 is 0 Å². The van der Waals surface area contributed by atoms with E-state index in [1.165, 1.54) is 6.42 Å². The van der Waals surface area contributed by atoms with Gasteiger partial charge in [-0.05, 0) is 48.3 Å². The lowest BCUT2D eigenvalue weighted by molar-refractivity contribution is 0.0954. The molecule has 2 atom stereocenters. The normalized spacial score (nSPS) is 27.3. The van der Waals surface area contributed by atoms with Gasteiger partial charge in [0.15, 0.2) is 0 Å². The van der Waals surface area contributed by atoms with E-state index in [2.05, 4.69) is 36.4 Å². The van der Waals surface area contributed by atoms with E-state index in [0.29, 0.717) is 23.0 Å². The van der Waals surface area contributed by atoms with Crippen LogP contribution in [0.25, 0.3) is 0 Å². The Morgan fingerprint density at radius 1 is 1.33 bits per heavy atom. The van der Waals surface area contributed by atoms with Crippen molar-refractivity contribution in [1.29, 1.82) is 0 Å². The Bertz CT molecular complexity index is 899. The van der Waals surface area contributed by atoms with Crippen molar-refractivity contribution in [1.82, 2.24) is 15.2 Å². The van der Waals surface area contributed by atoms with Crippen molar-refractivity contribution in [3.05, 3.63) is 52.8 Å². The van der Waals surface area contributed by atoms with E-state index in [-0.39, 0.29) is 16.7 Å². The molecule has 1 amide bonds. The van der Waals surface area contributed by atoms with Crippen LogP contribution in [0, 0.1) is 16.7 Å². The predicted octanol–water partition coefficient (Wildman–Crippen LogP) is 4.52. The first-order chi connectivity index (χ1) is 12.8. The topological polar surface area (TPSA) is 59.3 Å². The summed E-state index contributed by atoms with van der Waals surface area (Å²) in [7, 11) is 0. The van der Waals surface area contributed by atoms with E-state index in [1.54, 1.807) is 17.1 Å². The number of aromatic nitrogens is 2. The number of hydrogen-bond acceptors (Lipinski definition) is 3. The summed E-state index contributed by atoms with van der Waals surface area (Å²) >= 11 is 5.88. The Hall–Kier alpha value is -2.14. The number of hydrogen-bond donors (Lipinski definition) is 1. The van der Waals surface area contributed by atoms with Gasteiger partial charge in [0.2, 0.25) is 0 Å². The number of hydrazone groups is 1. The van der Waals surface area contributed by atoms with Crippen LogP contribution in [0.3, 0.4) is 0 Å². The van der Waals surface area contributed by atoms with Crippen molar-refractivity contribution in [3.63, 3.8) is 0 Å². The van der Waals surface area contributed by atoms with Crippen LogP contribution in [-0.4, -0.2) is 21.4 Å². The largest absolute Gasteiger partial charge is 0.271 e. The maximum Gasteiger partial charge on any atom is 0.271 e. The van der Waals surface area contributed by atoms with Crippen LogP contribution >= 0.6 is 11.6 Å². The molecule has 5 nitrogen and oxygen atoms in total. The summed E-state index contributed by atoms with van der Waals surface area (Å²) in [5.41, 5.74) is 5.93. The zero-order chi connectivity index (χ0) is 19.2. The molecule has 1 aromatic heterocycles. The number of carbonyl (C=O) groups is 1. The molecule has 27 heavy (non-hydrogen) atoms. The average molecular weight is 385 g/mol. The summed E-state index contributed by atoms with van der Waals surface area (Å²) < 4.78 is 1.76. The average Bonchev–Trinajstić information content (AvgIpc) is 3.20. The molecule has 1 aromatic carbocycles. The van der Waals surface area contributed by atoms with Gasteiger partial charge in [-0.1, -0.05) is 44.5 Å². The SMILES string of the molecule is CC1(C)[C@@H]2CC[C@@]1(C)/C(=N/NC(=O)c1ccc(Cn3cc(Cl)cn3)cc1)C2. The lowest BCUT2D eigenvalue weighted by Crippen LogP contribution is -2.34. The molecule has 1 heterocycles. The molecule has 2 aromatic rings. The van der Waals surface area contributed by atoms with Gasteiger partial charge in [0.1, 0.15) is 0 Å². The van der Waals surface area contributed by atoms with Crippen molar-refractivity contribution in [2.75, 3.05) is 0 Å².